The Labute approximate surface area is 191 Å². The monoisotopic (exact) mass is 472 g/mol. The van der Waals surface area contributed by atoms with Crippen LogP contribution in [0, 0.1) is 0 Å². The van der Waals surface area contributed by atoms with Gasteiger partial charge < -0.3 is 14.9 Å². The van der Waals surface area contributed by atoms with Gasteiger partial charge in [0.2, 0.25) is 10.0 Å². The highest BCUT2D eigenvalue weighted by atomic mass is 32.2. The van der Waals surface area contributed by atoms with Gasteiger partial charge in [0.15, 0.2) is 0 Å². The molecule has 10 nitrogen and oxygen atoms in total. The highest BCUT2D eigenvalue weighted by Crippen LogP contribution is 2.42. The van der Waals surface area contributed by atoms with Crippen LogP contribution >= 0.6 is 0 Å². The summed E-state index contributed by atoms with van der Waals surface area (Å²) in [6.07, 6.45) is -0.623. The van der Waals surface area contributed by atoms with Crippen molar-refractivity contribution in [2.24, 2.45) is 10.2 Å². The van der Waals surface area contributed by atoms with Crippen LogP contribution in [0.15, 0.2) is 63.7 Å². The molecule has 0 aromatic heterocycles. The molecule has 3 aromatic rings. The van der Waals surface area contributed by atoms with E-state index in [0.29, 0.717) is 16.5 Å². The fourth-order valence-corrected chi connectivity index (χ4v) is 4.45. The Morgan fingerprint density at radius 1 is 1.06 bits per heavy atom. The molecule has 0 fully saturated rings. The Balaban J connectivity index is 2.14. The third-order valence-electron chi connectivity index (χ3n) is 4.69. The molecule has 11 heteroatoms. The zero-order valence-electron chi connectivity index (χ0n) is 18.5. The number of anilines is 1. The van der Waals surface area contributed by atoms with Crippen LogP contribution in [0.2, 0.25) is 0 Å². The Hall–Kier alpha value is -3.70. The Morgan fingerprint density at radius 2 is 1.76 bits per heavy atom. The first-order chi connectivity index (χ1) is 15.5. The second-order valence-corrected chi connectivity index (χ2v) is 9.18. The molecule has 174 valence electrons. The lowest BCUT2D eigenvalue weighted by Crippen LogP contribution is -2.30. The van der Waals surface area contributed by atoms with E-state index >= 15 is 0 Å². The number of rotatable bonds is 6. The molecule has 3 N–H and O–H groups in total. The van der Waals surface area contributed by atoms with Gasteiger partial charge in [0.1, 0.15) is 22.9 Å². The minimum Gasteiger partial charge on any atom is -0.506 e. The van der Waals surface area contributed by atoms with Gasteiger partial charge in [0, 0.05) is 18.5 Å². The maximum absolute atomic E-state index is 12.5. The van der Waals surface area contributed by atoms with E-state index < -0.39 is 16.1 Å². The van der Waals surface area contributed by atoms with Gasteiger partial charge in [-0.2, -0.15) is 0 Å². The molecule has 0 aliphatic heterocycles. The van der Waals surface area contributed by atoms with Crippen molar-refractivity contribution in [1.82, 2.24) is 4.72 Å². The summed E-state index contributed by atoms with van der Waals surface area (Å²) in [5, 5.41) is 29.8. The van der Waals surface area contributed by atoms with E-state index in [1.54, 1.807) is 38.1 Å². The highest BCUT2D eigenvalue weighted by molar-refractivity contribution is 7.89. The van der Waals surface area contributed by atoms with E-state index in [1.807, 2.05) is 0 Å². The molecule has 0 bridgehead atoms. The molecule has 0 unspecified atom stereocenters. The number of amides is 1. The average molecular weight is 473 g/mol. The molecule has 0 saturated heterocycles. The molecule has 0 atom stereocenters. The normalized spacial score (nSPS) is 11.9. The lowest BCUT2D eigenvalue weighted by atomic mass is 10.1. The lowest BCUT2D eigenvalue weighted by molar-refractivity contribution is 0.180. The summed E-state index contributed by atoms with van der Waals surface area (Å²) in [5.41, 5.74) is 0.328. The SMILES string of the molecule is COC(=O)N(C)c1cccc2ccc(O)c(N=Nc3cc(S(=O)(=O)NC(C)C)ccc3O)c12. The number of hydrogen-bond acceptors (Lipinski definition) is 8. The van der Waals surface area contributed by atoms with Crippen molar-refractivity contribution in [2.45, 2.75) is 24.8 Å². The molecule has 3 rings (SSSR count). The number of phenols is 2. The van der Waals surface area contributed by atoms with Gasteiger partial charge in [-0.1, -0.05) is 18.2 Å². The molecular weight excluding hydrogens is 448 g/mol. The molecule has 0 spiro atoms. The first-order valence-corrected chi connectivity index (χ1v) is 11.4. The summed E-state index contributed by atoms with van der Waals surface area (Å²) in [6.45, 7) is 3.37. The molecule has 0 radical (unpaired) electrons. The number of methoxy groups -OCH3 is 1. The smallest absolute Gasteiger partial charge is 0.413 e. The predicted molar refractivity (Wildman–Crippen MR) is 124 cm³/mol. The molecule has 1 amide bonds. The summed E-state index contributed by atoms with van der Waals surface area (Å²) in [7, 11) is -1.07. The molecule has 0 saturated carbocycles. The van der Waals surface area contributed by atoms with Gasteiger partial charge in [0.05, 0.1) is 17.7 Å². The van der Waals surface area contributed by atoms with E-state index in [4.69, 9.17) is 4.74 Å². The zero-order valence-corrected chi connectivity index (χ0v) is 19.3. The number of carbonyl (C=O) groups excluding carboxylic acids is 1. The van der Waals surface area contributed by atoms with Gasteiger partial charge in [-0.25, -0.2) is 17.9 Å². The Bertz CT molecular complexity index is 1340. The van der Waals surface area contributed by atoms with E-state index in [-0.39, 0.29) is 33.8 Å². The number of carbonyl (C=O) groups is 1. The van der Waals surface area contributed by atoms with Gasteiger partial charge >= 0.3 is 6.09 Å². The van der Waals surface area contributed by atoms with E-state index in [2.05, 4.69) is 15.0 Å². The van der Waals surface area contributed by atoms with E-state index in [9.17, 15) is 23.4 Å². The topological polar surface area (TPSA) is 141 Å². The summed E-state index contributed by atoms with van der Waals surface area (Å²) < 4.78 is 32.2. The Kier molecular flexibility index (Phi) is 6.84. The number of phenolic OH excluding ortho intramolecular Hbond substituents is 2. The molecule has 0 heterocycles. The van der Waals surface area contributed by atoms with Gasteiger partial charge in [-0.3, -0.25) is 4.90 Å². The van der Waals surface area contributed by atoms with Crippen LogP contribution < -0.4 is 9.62 Å². The summed E-state index contributed by atoms with van der Waals surface area (Å²) in [5.74, 6) is -0.518. The van der Waals surface area contributed by atoms with Crippen molar-refractivity contribution >= 4 is 44.0 Å². The molecule has 3 aromatic carbocycles. The van der Waals surface area contributed by atoms with Crippen LogP contribution in [0.5, 0.6) is 11.5 Å². The zero-order chi connectivity index (χ0) is 24.3. The largest absolute Gasteiger partial charge is 0.506 e. The molecular formula is C22H24N4O6S. The summed E-state index contributed by atoms with van der Waals surface area (Å²) >= 11 is 0. The lowest BCUT2D eigenvalue weighted by Gasteiger charge is -2.18. The van der Waals surface area contributed by atoms with Crippen molar-refractivity contribution in [3.05, 3.63) is 48.5 Å². The summed E-state index contributed by atoms with van der Waals surface area (Å²) in [6, 6.07) is 11.5. The standard InChI is InChI=1S/C22H24N4O6S/c1-13(2)25-33(30,31)15-9-11-18(27)16(12-15)23-24-21-19(28)10-8-14-6-5-7-17(20(14)21)26(3)22(29)32-4/h5-13,25,27-28H,1-4H3. The van der Waals surface area contributed by atoms with Crippen molar-refractivity contribution in [3.63, 3.8) is 0 Å². The number of nitrogens with zero attached hydrogens (tertiary/aromatic N) is 3. The molecule has 0 aliphatic rings. The fourth-order valence-electron chi connectivity index (χ4n) is 3.18. The third-order valence-corrected chi connectivity index (χ3v) is 6.35. The fraction of sp³-hybridized carbons (Fsp3) is 0.227. The predicted octanol–water partition coefficient (Wildman–Crippen LogP) is 4.56. The first kappa shape index (κ1) is 24.0. The number of nitrogens with one attached hydrogen (secondary N) is 1. The van der Waals surface area contributed by atoms with Crippen LogP contribution in [0.3, 0.4) is 0 Å². The second kappa shape index (κ2) is 9.43. The third kappa shape index (κ3) is 5.04. The van der Waals surface area contributed by atoms with Gasteiger partial charge in [0.25, 0.3) is 0 Å². The van der Waals surface area contributed by atoms with Crippen molar-refractivity contribution in [1.29, 1.82) is 0 Å². The van der Waals surface area contributed by atoms with Crippen LogP contribution in [0.4, 0.5) is 21.9 Å². The number of ether oxygens (including phenoxy) is 1. The van der Waals surface area contributed by atoms with Gasteiger partial charge in [-0.05, 0) is 49.6 Å². The minimum absolute atomic E-state index is 0.0341. The minimum atomic E-state index is -3.83. The quantitative estimate of drug-likeness (QED) is 0.449. The van der Waals surface area contributed by atoms with E-state index in [0.717, 1.165) is 0 Å². The van der Waals surface area contributed by atoms with Gasteiger partial charge in [-0.15, -0.1) is 10.2 Å². The van der Waals surface area contributed by atoms with Crippen LogP contribution in [0.25, 0.3) is 10.8 Å². The van der Waals surface area contributed by atoms with E-state index in [1.165, 1.54) is 43.3 Å². The van der Waals surface area contributed by atoms with Crippen LogP contribution in [-0.2, 0) is 14.8 Å². The Morgan fingerprint density at radius 3 is 2.42 bits per heavy atom. The van der Waals surface area contributed by atoms with Crippen molar-refractivity contribution in [3.8, 4) is 11.5 Å². The second-order valence-electron chi connectivity index (χ2n) is 7.46. The average Bonchev–Trinajstić information content (AvgIpc) is 2.77. The number of azo groups is 1. The van der Waals surface area contributed by atoms with Crippen LogP contribution in [0.1, 0.15) is 13.8 Å². The van der Waals surface area contributed by atoms with Crippen LogP contribution in [-0.4, -0.2) is 44.9 Å². The highest BCUT2D eigenvalue weighted by Gasteiger charge is 2.19. The van der Waals surface area contributed by atoms with Crippen molar-refractivity contribution < 1.29 is 28.2 Å². The number of benzene rings is 3. The molecule has 33 heavy (non-hydrogen) atoms. The number of hydrogen-bond donors (Lipinski definition) is 3. The number of aromatic hydroxyl groups is 2. The first-order valence-electron chi connectivity index (χ1n) is 9.88. The maximum Gasteiger partial charge on any atom is 0.413 e. The summed E-state index contributed by atoms with van der Waals surface area (Å²) in [4.78, 5) is 13.2. The maximum atomic E-state index is 12.5. The number of sulfonamides is 1. The molecule has 0 aliphatic carbocycles. The number of fused-ring (bicyclic) bond motifs is 1. The van der Waals surface area contributed by atoms with Crippen molar-refractivity contribution in [2.75, 3.05) is 19.1 Å².